The first-order valence-corrected chi connectivity index (χ1v) is 8.43. The number of carbonyl (C=O) groups excluding carboxylic acids is 1. The quantitative estimate of drug-likeness (QED) is 0.852. The first kappa shape index (κ1) is 16.1. The van der Waals surface area contributed by atoms with E-state index in [4.69, 9.17) is 15.4 Å². The average Bonchev–Trinajstić information content (AvgIpc) is 2.38. The lowest BCUT2D eigenvalue weighted by Crippen LogP contribution is -2.41. The Labute approximate surface area is 124 Å². The van der Waals surface area contributed by atoms with E-state index in [-0.39, 0.29) is 12.6 Å². The molecule has 1 amide bonds. The Morgan fingerprint density at radius 2 is 2.10 bits per heavy atom. The molecule has 1 N–H and O–H groups in total. The van der Waals surface area contributed by atoms with Crippen molar-refractivity contribution < 1.29 is 26.7 Å². The highest BCUT2D eigenvalue weighted by Gasteiger charge is 2.27. The average molecular weight is 340 g/mol. The summed E-state index contributed by atoms with van der Waals surface area (Å²) < 4.78 is 55.2. The predicted octanol–water partition coefficient (Wildman–Crippen LogP) is 1.80. The van der Waals surface area contributed by atoms with Crippen LogP contribution in [0, 0.1) is 11.6 Å². The summed E-state index contributed by atoms with van der Waals surface area (Å²) in [6.45, 7) is 0.803. The van der Waals surface area contributed by atoms with Crippen LogP contribution in [-0.4, -0.2) is 33.6 Å². The zero-order valence-corrected chi connectivity index (χ0v) is 12.3. The van der Waals surface area contributed by atoms with Gasteiger partial charge in [-0.3, -0.25) is 4.79 Å². The SMILES string of the molecule is O=C(NC1CCCOC1)c1c(F)ccc(S(=O)(=O)Cl)c1F. The molecule has 0 spiro atoms. The third kappa shape index (κ3) is 3.69. The highest BCUT2D eigenvalue weighted by atomic mass is 35.7. The fraction of sp³-hybridized carbons (Fsp3) is 0.417. The van der Waals surface area contributed by atoms with E-state index in [1.165, 1.54) is 0 Å². The van der Waals surface area contributed by atoms with Crippen molar-refractivity contribution in [1.29, 1.82) is 0 Å². The number of rotatable bonds is 3. The van der Waals surface area contributed by atoms with E-state index in [0.29, 0.717) is 31.6 Å². The lowest BCUT2D eigenvalue weighted by molar-refractivity contribution is 0.0620. The number of amides is 1. The molecule has 5 nitrogen and oxygen atoms in total. The highest BCUT2D eigenvalue weighted by Crippen LogP contribution is 2.24. The summed E-state index contributed by atoms with van der Waals surface area (Å²) in [6.07, 6.45) is 1.33. The van der Waals surface area contributed by atoms with Gasteiger partial charge in [-0.1, -0.05) is 0 Å². The monoisotopic (exact) mass is 339 g/mol. The number of benzene rings is 1. The van der Waals surface area contributed by atoms with Crippen LogP contribution in [0.25, 0.3) is 0 Å². The Kier molecular flexibility index (Phi) is 4.80. The summed E-state index contributed by atoms with van der Waals surface area (Å²) in [5.41, 5.74) is -0.970. The first-order valence-electron chi connectivity index (χ1n) is 6.12. The van der Waals surface area contributed by atoms with Gasteiger partial charge in [0.1, 0.15) is 16.3 Å². The Morgan fingerprint density at radius 3 is 2.67 bits per heavy atom. The molecule has 0 aromatic heterocycles. The van der Waals surface area contributed by atoms with Gasteiger partial charge in [0.05, 0.1) is 12.6 Å². The minimum atomic E-state index is -4.41. The minimum Gasteiger partial charge on any atom is -0.379 e. The van der Waals surface area contributed by atoms with Gasteiger partial charge >= 0.3 is 0 Å². The van der Waals surface area contributed by atoms with Crippen LogP contribution in [0.2, 0.25) is 0 Å². The largest absolute Gasteiger partial charge is 0.379 e. The predicted molar refractivity (Wildman–Crippen MR) is 70.7 cm³/mol. The molecule has 2 rings (SSSR count). The van der Waals surface area contributed by atoms with Crippen molar-refractivity contribution in [2.24, 2.45) is 0 Å². The molecule has 1 aliphatic heterocycles. The van der Waals surface area contributed by atoms with Crippen molar-refractivity contribution >= 4 is 25.6 Å². The van der Waals surface area contributed by atoms with Crippen molar-refractivity contribution in [3.8, 4) is 0 Å². The molecular formula is C12H12ClF2NO4S. The van der Waals surface area contributed by atoms with Gasteiger partial charge in [-0.2, -0.15) is 0 Å². The van der Waals surface area contributed by atoms with Crippen molar-refractivity contribution in [2.45, 2.75) is 23.8 Å². The van der Waals surface area contributed by atoms with Gasteiger partial charge in [-0.15, -0.1) is 0 Å². The molecule has 0 saturated carbocycles. The smallest absolute Gasteiger partial charge is 0.264 e. The minimum absolute atomic E-state index is 0.239. The molecule has 0 radical (unpaired) electrons. The molecule has 1 saturated heterocycles. The van der Waals surface area contributed by atoms with Crippen LogP contribution in [0.1, 0.15) is 23.2 Å². The van der Waals surface area contributed by atoms with Crippen LogP contribution >= 0.6 is 10.7 Å². The zero-order valence-electron chi connectivity index (χ0n) is 10.7. The molecule has 9 heteroatoms. The fourth-order valence-corrected chi connectivity index (χ4v) is 2.95. The lowest BCUT2D eigenvalue weighted by Gasteiger charge is -2.23. The number of halogens is 3. The molecule has 0 aliphatic carbocycles. The maximum Gasteiger partial charge on any atom is 0.264 e. The second-order valence-corrected chi connectivity index (χ2v) is 7.09. The van der Waals surface area contributed by atoms with Gasteiger partial charge in [0.2, 0.25) is 0 Å². The van der Waals surface area contributed by atoms with Crippen LogP contribution in [-0.2, 0) is 13.8 Å². The van der Waals surface area contributed by atoms with Gasteiger partial charge in [0, 0.05) is 17.3 Å². The molecule has 1 unspecified atom stereocenters. The Balaban J connectivity index is 2.32. The molecule has 116 valence electrons. The zero-order chi connectivity index (χ0) is 15.6. The molecule has 1 atom stereocenters. The number of ether oxygens (including phenoxy) is 1. The van der Waals surface area contributed by atoms with Gasteiger partial charge in [0.15, 0.2) is 5.82 Å². The molecular weight excluding hydrogens is 328 g/mol. The number of hydrogen-bond donors (Lipinski definition) is 1. The normalized spacial score (nSPS) is 19.3. The van der Waals surface area contributed by atoms with Crippen molar-refractivity contribution in [1.82, 2.24) is 5.32 Å². The maximum absolute atomic E-state index is 14.0. The molecule has 1 fully saturated rings. The second kappa shape index (κ2) is 6.25. The summed E-state index contributed by atoms with van der Waals surface area (Å²) in [5, 5.41) is 2.41. The van der Waals surface area contributed by atoms with Crippen molar-refractivity contribution in [3.63, 3.8) is 0 Å². The van der Waals surface area contributed by atoms with Gasteiger partial charge in [0.25, 0.3) is 15.0 Å². The van der Waals surface area contributed by atoms with E-state index in [1.54, 1.807) is 0 Å². The third-order valence-electron chi connectivity index (χ3n) is 3.04. The van der Waals surface area contributed by atoms with Gasteiger partial charge in [-0.05, 0) is 25.0 Å². The summed E-state index contributed by atoms with van der Waals surface area (Å²) in [5.74, 6) is -3.70. The third-order valence-corrected chi connectivity index (χ3v) is 4.38. The van der Waals surface area contributed by atoms with Crippen LogP contribution < -0.4 is 5.32 Å². The van der Waals surface area contributed by atoms with Crippen LogP contribution in [0.3, 0.4) is 0 Å². The van der Waals surface area contributed by atoms with Gasteiger partial charge < -0.3 is 10.1 Å². The Bertz CT molecular complexity index is 659. The highest BCUT2D eigenvalue weighted by molar-refractivity contribution is 8.13. The molecule has 1 aromatic rings. The van der Waals surface area contributed by atoms with E-state index in [0.717, 1.165) is 0 Å². The molecule has 21 heavy (non-hydrogen) atoms. The molecule has 0 bridgehead atoms. The van der Waals surface area contributed by atoms with E-state index >= 15 is 0 Å². The topological polar surface area (TPSA) is 72.5 Å². The Morgan fingerprint density at radius 1 is 1.38 bits per heavy atom. The molecule has 1 aromatic carbocycles. The maximum atomic E-state index is 14.0. The molecule has 1 aliphatic rings. The summed E-state index contributed by atoms with van der Waals surface area (Å²) in [6, 6.07) is 0.985. The van der Waals surface area contributed by atoms with Crippen LogP contribution in [0.4, 0.5) is 8.78 Å². The molecule has 1 heterocycles. The fourth-order valence-electron chi connectivity index (χ4n) is 2.04. The van der Waals surface area contributed by atoms with Crippen molar-refractivity contribution in [3.05, 3.63) is 29.3 Å². The van der Waals surface area contributed by atoms with E-state index in [1.807, 2.05) is 0 Å². The lowest BCUT2D eigenvalue weighted by atomic mass is 10.1. The first-order chi connectivity index (χ1) is 9.80. The summed E-state index contributed by atoms with van der Waals surface area (Å²) in [7, 11) is 0.629. The second-order valence-electron chi connectivity index (χ2n) is 4.56. The number of carbonyl (C=O) groups is 1. The van der Waals surface area contributed by atoms with E-state index in [2.05, 4.69) is 5.32 Å². The Hall–Kier alpha value is -1.25. The van der Waals surface area contributed by atoms with E-state index in [9.17, 15) is 22.0 Å². The van der Waals surface area contributed by atoms with Crippen LogP contribution in [0.5, 0.6) is 0 Å². The number of nitrogens with one attached hydrogen (secondary N) is 1. The van der Waals surface area contributed by atoms with Crippen molar-refractivity contribution in [2.75, 3.05) is 13.2 Å². The summed E-state index contributed by atoms with van der Waals surface area (Å²) >= 11 is 0. The standard InChI is InChI=1S/C12H12ClF2NO4S/c13-21(18,19)9-4-3-8(14)10(11(9)15)12(17)16-7-2-1-5-20-6-7/h3-4,7H,1-2,5-6H2,(H,16,17). The number of hydrogen-bond acceptors (Lipinski definition) is 4. The van der Waals surface area contributed by atoms with Gasteiger partial charge in [-0.25, -0.2) is 17.2 Å². The van der Waals surface area contributed by atoms with E-state index < -0.39 is 37.1 Å². The summed E-state index contributed by atoms with van der Waals surface area (Å²) in [4.78, 5) is 11.0. The van der Waals surface area contributed by atoms with Crippen LogP contribution in [0.15, 0.2) is 17.0 Å².